The fourth-order valence-electron chi connectivity index (χ4n) is 7.50. The van der Waals surface area contributed by atoms with Crippen molar-refractivity contribution < 1.29 is 0 Å². The lowest BCUT2D eigenvalue weighted by molar-refractivity contribution is 1.29. The van der Waals surface area contributed by atoms with Gasteiger partial charge < -0.3 is 4.90 Å². The van der Waals surface area contributed by atoms with Gasteiger partial charge in [-0.25, -0.2) is 0 Å². The molecule has 0 bridgehead atoms. The van der Waals surface area contributed by atoms with Gasteiger partial charge in [0.25, 0.3) is 0 Å². The van der Waals surface area contributed by atoms with Crippen molar-refractivity contribution in [2.75, 3.05) is 4.90 Å². The number of hydrogen-bond acceptors (Lipinski definition) is 1. The highest BCUT2D eigenvalue weighted by atomic mass is 15.1. The standard InChI is InChI=1S/C52H37N/c1-4-15-38(16-5-1)40-27-32-45(33-28-40)53(47-36-29-39-17-10-11-22-44(39)37-47)46-34-30-43(31-35-46)50-26-14-25-49(42-20-8-3-9-21-42)52(50)51-24-13-12-23-48(51)41-18-6-2-7-19-41/h1-37H. The molecule has 0 aromatic heterocycles. The SMILES string of the molecule is c1ccc(-c2ccc(N(c3ccc(-c4cccc(-c5ccccc5)c4-c4ccccc4-c4ccccc4)cc3)c3ccc4ccccc4c3)cc2)cc1. The summed E-state index contributed by atoms with van der Waals surface area (Å²) >= 11 is 0. The molecule has 1 heteroatoms. The van der Waals surface area contributed by atoms with Crippen molar-refractivity contribution in [2.24, 2.45) is 0 Å². The summed E-state index contributed by atoms with van der Waals surface area (Å²) < 4.78 is 0. The van der Waals surface area contributed by atoms with Crippen LogP contribution in [0.15, 0.2) is 224 Å². The van der Waals surface area contributed by atoms with E-state index in [-0.39, 0.29) is 0 Å². The highest BCUT2D eigenvalue weighted by molar-refractivity contribution is 6.00. The predicted octanol–water partition coefficient (Wildman–Crippen LogP) is 14.6. The minimum atomic E-state index is 1.10. The Morgan fingerprint density at radius 2 is 0.623 bits per heavy atom. The molecule has 0 aliphatic rings. The molecule has 0 aliphatic carbocycles. The predicted molar refractivity (Wildman–Crippen MR) is 226 cm³/mol. The van der Waals surface area contributed by atoms with Crippen LogP contribution in [0.2, 0.25) is 0 Å². The molecule has 9 rings (SSSR count). The molecular weight excluding hydrogens is 639 g/mol. The molecule has 0 atom stereocenters. The Kier molecular flexibility index (Phi) is 8.66. The van der Waals surface area contributed by atoms with Crippen LogP contribution < -0.4 is 4.90 Å². The van der Waals surface area contributed by atoms with Gasteiger partial charge in [-0.3, -0.25) is 0 Å². The van der Waals surface area contributed by atoms with Crippen molar-refractivity contribution >= 4 is 27.8 Å². The Balaban J connectivity index is 1.18. The first-order valence-electron chi connectivity index (χ1n) is 18.2. The van der Waals surface area contributed by atoms with Crippen LogP contribution in [-0.4, -0.2) is 0 Å². The van der Waals surface area contributed by atoms with Crippen LogP contribution in [0.25, 0.3) is 66.4 Å². The molecule has 53 heavy (non-hydrogen) atoms. The average Bonchev–Trinajstić information content (AvgIpc) is 3.25. The smallest absolute Gasteiger partial charge is 0.0468 e. The van der Waals surface area contributed by atoms with Gasteiger partial charge in [-0.05, 0) is 103 Å². The molecule has 0 saturated carbocycles. The van der Waals surface area contributed by atoms with E-state index in [1.807, 2.05) is 0 Å². The van der Waals surface area contributed by atoms with Crippen LogP contribution in [0.1, 0.15) is 0 Å². The molecule has 0 N–H and O–H groups in total. The second-order valence-corrected chi connectivity index (χ2v) is 13.3. The molecule has 1 nitrogen and oxygen atoms in total. The summed E-state index contributed by atoms with van der Waals surface area (Å²) in [6, 6.07) is 80.8. The highest BCUT2D eigenvalue weighted by Crippen LogP contribution is 2.45. The zero-order valence-corrected chi connectivity index (χ0v) is 29.3. The maximum absolute atomic E-state index is 2.36. The summed E-state index contributed by atoms with van der Waals surface area (Å²) in [6.45, 7) is 0. The quantitative estimate of drug-likeness (QED) is 0.155. The first-order valence-corrected chi connectivity index (χ1v) is 18.2. The molecule has 0 aliphatic heterocycles. The summed E-state index contributed by atoms with van der Waals surface area (Å²) in [5.74, 6) is 0. The van der Waals surface area contributed by atoms with Crippen molar-refractivity contribution in [3.8, 4) is 55.6 Å². The molecule has 0 radical (unpaired) electrons. The molecule has 0 spiro atoms. The Morgan fingerprint density at radius 1 is 0.226 bits per heavy atom. The van der Waals surface area contributed by atoms with Crippen LogP contribution in [0.3, 0.4) is 0 Å². The Morgan fingerprint density at radius 3 is 1.23 bits per heavy atom. The van der Waals surface area contributed by atoms with Crippen molar-refractivity contribution in [3.63, 3.8) is 0 Å². The Bertz CT molecular complexity index is 2630. The zero-order valence-electron chi connectivity index (χ0n) is 29.3. The van der Waals surface area contributed by atoms with Gasteiger partial charge in [-0.15, -0.1) is 0 Å². The van der Waals surface area contributed by atoms with Gasteiger partial charge in [0.05, 0.1) is 0 Å². The molecule has 0 unspecified atom stereocenters. The molecule has 9 aromatic carbocycles. The number of hydrogen-bond donors (Lipinski definition) is 0. The number of nitrogens with zero attached hydrogens (tertiary/aromatic N) is 1. The van der Waals surface area contributed by atoms with Crippen LogP contribution in [0.5, 0.6) is 0 Å². The van der Waals surface area contributed by atoms with Gasteiger partial charge in [0, 0.05) is 17.1 Å². The van der Waals surface area contributed by atoms with Crippen LogP contribution >= 0.6 is 0 Å². The average molecular weight is 676 g/mol. The summed E-state index contributed by atoms with van der Waals surface area (Å²) in [6.07, 6.45) is 0. The van der Waals surface area contributed by atoms with E-state index in [4.69, 9.17) is 0 Å². The van der Waals surface area contributed by atoms with Gasteiger partial charge >= 0.3 is 0 Å². The highest BCUT2D eigenvalue weighted by Gasteiger charge is 2.19. The lowest BCUT2D eigenvalue weighted by Gasteiger charge is -2.26. The van der Waals surface area contributed by atoms with Crippen LogP contribution in [0.4, 0.5) is 17.1 Å². The van der Waals surface area contributed by atoms with E-state index >= 15 is 0 Å². The number of rotatable bonds is 8. The van der Waals surface area contributed by atoms with Crippen molar-refractivity contribution in [3.05, 3.63) is 224 Å². The van der Waals surface area contributed by atoms with E-state index in [9.17, 15) is 0 Å². The third-order valence-electron chi connectivity index (χ3n) is 10.1. The second-order valence-electron chi connectivity index (χ2n) is 13.3. The van der Waals surface area contributed by atoms with E-state index < -0.39 is 0 Å². The molecule has 0 fully saturated rings. The minimum Gasteiger partial charge on any atom is -0.310 e. The molecular formula is C52H37N. The first-order chi connectivity index (χ1) is 26.3. The molecule has 0 saturated heterocycles. The number of anilines is 3. The number of fused-ring (bicyclic) bond motifs is 1. The Hall–Kier alpha value is -6.96. The maximum Gasteiger partial charge on any atom is 0.0468 e. The van der Waals surface area contributed by atoms with E-state index in [0.29, 0.717) is 0 Å². The minimum absolute atomic E-state index is 1.10. The Labute approximate surface area is 311 Å². The molecule has 0 amide bonds. The lowest BCUT2D eigenvalue weighted by Crippen LogP contribution is -2.09. The summed E-state index contributed by atoms with van der Waals surface area (Å²) in [7, 11) is 0. The van der Waals surface area contributed by atoms with Gasteiger partial charge in [0.15, 0.2) is 0 Å². The first kappa shape index (κ1) is 32.0. The van der Waals surface area contributed by atoms with E-state index in [2.05, 4.69) is 229 Å². The van der Waals surface area contributed by atoms with Crippen LogP contribution in [0, 0.1) is 0 Å². The fourth-order valence-corrected chi connectivity index (χ4v) is 7.50. The maximum atomic E-state index is 2.36. The monoisotopic (exact) mass is 675 g/mol. The number of benzene rings is 9. The van der Waals surface area contributed by atoms with Crippen molar-refractivity contribution in [2.45, 2.75) is 0 Å². The van der Waals surface area contributed by atoms with E-state index in [1.165, 1.54) is 66.4 Å². The van der Waals surface area contributed by atoms with Gasteiger partial charge in [0.2, 0.25) is 0 Å². The summed E-state index contributed by atoms with van der Waals surface area (Å²) in [5, 5.41) is 2.44. The second kappa shape index (κ2) is 14.3. The van der Waals surface area contributed by atoms with E-state index in [0.717, 1.165) is 17.1 Å². The summed E-state index contributed by atoms with van der Waals surface area (Å²) in [5.41, 5.74) is 15.4. The summed E-state index contributed by atoms with van der Waals surface area (Å²) in [4.78, 5) is 2.36. The van der Waals surface area contributed by atoms with Crippen molar-refractivity contribution in [1.82, 2.24) is 0 Å². The topological polar surface area (TPSA) is 3.24 Å². The zero-order chi connectivity index (χ0) is 35.4. The third-order valence-corrected chi connectivity index (χ3v) is 10.1. The molecule has 9 aromatic rings. The van der Waals surface area contributed by atoms with Gasteiger partial charge in [-0.1, -0.05) is 188 Å². The van der Waals surface area contributed by atoms with Crippen molar-refractivity contribution in [1.29, 1.82) is 0 Å². The van der Waals surface area contributed by atoms with Gasteiger partial charge in [-0.2, -0.15) is 0 Å². The van der Waals surface area contributed by atoms with Crippen LogP contribution in [-0.2, 0) is 0 Å². The third kappa shape index (κ3) is 6.42. The normalized spacial score (nSPS) is 11.0. The molecule has 0 heterocycles. The van der Waals surface area contributed by atoms with Gasteiger partial charge in [0.1, 0.15) is 0 Å². The largest absolute Gasteiger partial charge is 0.310 e. The van der Waals surface area contributed by atoms with E-state index in [1.54, 1.807) is 0 Å². The lowest BCUT2D eigenvalue weighted by atomic mass is 9.84. The molecule has 250 valence electrons. The fraction of sp³-hybridized carbons (Fsp3) is 0.